The first-order valence-corrected chi connectivity index (χ1v) is 8.44. The third-order valence-electron chi connectivity index (χ3n) is 4.51. The van der Waals surface area contributed by atoms with Crippen LogP contribution in [0.25, 0.3) is 0 Å². The van der Waals surface area contributed by atoms with E-state index in [-0.39, 0.29) is 11.3 Å². The molecule has 3 aromatic carbocycles. The Morgan fingerprint density at radius 2 is 1.46 bits per heavy atom. The molecular formula is C21H15N3O4. The summed E-state index contributed by atoms with van der Waals surface area (Å²) in [4.78, 5) is 37.6. The fourth-order valence-electron chi connectivity index (χ4n) is 3.15. The van der Waals surface area contributed by atoms with Gasteiger partial charge >= 0.3 is 5.97 Å². The minimum atomic E-state index is -1.07. The van der Waals surface area contributed by atoms with Gasteiger partial charge in [0.25, 0.3) is 11.8 Å². The maximum absolute atomic E-state index is 12.6. The fourth-order valence-corrected chi connectivity index (χ4v) is 3.15. The minimum Gasteiger partial charge on any atom is -0.478 e. The second-order valence-electron chi connectivity index (χ2n) is 6.24. The number of nitrogen functional groups attached to an aromatic ring is 1. The number of hydrogen-bond acceptors (Lipinski definition) is 5. The normalized spacial score (nSPS) is 12.8. The van der Waals surface area contributed by atoms with E-state index < -0.39 is 17.8 Å². The summed E-state index contributed by atoms with van der Waals surface area (Å²) in [6, 6.07) is 17.8. The third kappa shape index (κ3) is 2.75. The van der Waals surface area contributed by atoms with Crippen molar-refractivity contribution >= 4 is 40.5 Å². The number of rotatable bonds is 4. The van der Waals surface area contributed by atoms with E-state index in [9.17, 15) is 19.5 Å². The monoisotopic (exact) mass is 373 g/mol. The first-order chi connectivity index (χ1) is 13.5. The predicted octanol–water partition coefficient (Wildman–Crippen LogP) is 3.51. The van der Waals surface area contributed by atoms with E-state index in [1.54, 1.807) is 54.6 Å². The highest BCUT2D eigenvalue weighted by Crippen LogP contribution is 2.33. The number of nitrogens with zero attached hydrogens (tertiary/aromatic N) is 1. The maximum atomic E-state index is 12.6. The van der Waals surface area contributed by atoms with Gasteiger partial charge in [-0.05, 0) is 42.5 Å². The number of carboxylic acids is 1. The largest absolute Gasteiger partial charge is 0.478 e. The Balaban J connectivity index is 1.66. The lowest BCUT2D eigenvalue weighted by molar-refractivity contribution is 0.0697. The van der Waals surface area contributed by atoms with Crippen LogP contribution < -0.4 is 16.0 Å². The van der Waals surface area contributed by atoms with E-state index >= 15 is 0 Å². The zero-order chi connectivity index (χ0) is 19.8. The molecule has 0 aliphatic carbocycles. The molecule has 1 aliphatic heterocycles. The number of imide groups is 1. The number of amides is 2. The van der Waals surface area contributed by atoms with Crippen LogP contribution in [0.1, 0.15) is 31.1 Å². The summed E-state index contributed by atoms with van der Waals surface area (Å²) in [5.41, 5.74) is 8.38. The Morgan fingerprint density at radius 1 is 0.857 bits per heavy atom. The molecule has 4 rings (SSSR count). The highest BCUT2D eigenvalue weighted by atomic mass is 16.4. The molecule has 28 heavy (non-hydrogen) atoms. The Hall–Kier alpha value is -4.13. The molecule has 0 saturated carbocycles. The van der Waals surface area contributed by atoms with Crippen molar-refractivity contribution in [3.63, 3.8) is 0 Å². The Morgan fingerprint density at radius 3 is 2.07 bits per heavy atom. The zero-order valence-corrected chi connectivity index (χ0v) is 14.5. The molecule has 1 heterocycles. The maximum Gasteiger partial charge on any atom is 0.337 e. The van der Waals surface area contributed by atoms with Crippen LogP contribution in [0.5, 0.6) is 0 Å². The molecule has 0 unspecified atom stereocenters. The molecule has 7 heteroatoms. The first-order valence-electron chi connectivity index (χ1n) is 8.44. The molecule has 3 aromatic rings. The van der Waals surface area contributed by atoms with E-state index in [0.29, 0.717) is 28.2 Å². The summed E-state index contributed by atoms with van der Waals surface area (Å²) < 4.78 is 0. The topological polar surface area (TPSA) is 113 Å². The van der Waals surface area contributed by atoms with Crippen molar-refractivity contribution in [1.82, 2.24) is 0 Å². The van der Waals surface area contributed by atoms with Crippen molar-refractivity contribution < 1.29 is 19.5 Å². The fraction of sp³-hybridized carbons (Fsp3) is 0. The molecular weight excluding hydrogens is 358 g/mol. The average molecular weight is 373 g/mol. The van der Waals surface area contributed by atoms with Crippen LogP contribution in [-0.4, -0.2) is 22.9 Å². The second-order valence-corrected chi connectivity index (χ2v) is 6.24. The lowest BCUT2D eigenvalue weighted by atomic mass is 10.1. The number of hydrogen-bond donors (Lipinski definition) is 3. The molecule has 7 nitrogen and oxygen atoms in total. The van der Waals surface area contributed by atoms with Gasteiger partial charge in [-0.2, -0.15) is 0 Å². The van der Waals surface area contributed by atoms with Gasteiger partial charge in [-0.15, -0.1) is 0 Å². The van der Waals surface area contributed by atoms with Crippen LogP contribution >= 0.6 is 0 Å². The van der Waals surface area contributed by atoms with E-state index in [2.05, 4.69) is 5.32 Å². The summed E-state index contributed by atoms with van der Waals surface area (Å²) in [5, 5.41) is 12.3. The predicted molar refractivity (Wildman–Crippen MR) is 105 cm³/mol. The summed E-state index contributed by atoms with van der Waals surface area (Å²) in [7, 11) is 0. The van der Waals surface area contributed by atoms with Crippen molar-refractivity contribution in [1.29, 1.82) is 0 Å². The van der Waals surface area contributed by atoms with E-state index in [1.165, 1.54) is 12.1 Å². The van der Waals surface area contributed by atoms with Crippen molar-refractivity contribution in [3.8, 4) is 0 Å². The van der Waals surface area contributed by atoms with Crippen molar-refractivity contribution in [2.45, 2.75) is 0 Å². The van der Waals surface area contributed by atoms with Gasteiger partial charge in [-0.25, -0.2) is 9.69 Å². The summed E-state index contributed by atoms with van der Waals surface area (Å²) in [6.07, 6.45) is 0. The Labute approximate surface area is 160 Å². The summed E-state index contributed by atoms with van der Waals surface area (Å²) in [6.45, 7) is 0. The van der Waals surface area contributed by atoms with Crippen LogP contribution in [-0.2, 0) is 0 Å². The highest BCUT2D eigenvalue weighted by Gasteiger charge is 2.36. The number of anilines is 4. The van der Waals surface area contributed by atoms with Crippen molar-refractivity contribution in [3.05, 3.63) is 83.4 Å². The molecule has 138 valence electrons. The number of fused-ring (bicyclic) bond motifs is 1. The van der Waals surface area contributed by atoms with Crippen LogP contribution in [0.3, 0.4) is 0 Å². The zero-order valence-electron chi connectivity index (χ0n) is 14.5. The number of carbonyl (C=O) groups excluding carboxylic acids is 2. The number of benzene rings is 3. The molecule has 0 atom stereocenters. The van der Waals surface area contributed by atoms with E-state index in [4.69, 9.17) is 5.73 Å². The second kappa shape index (κ2) is 6.55. The van der Waals surface area contributed by atoms with Gasteiger partial charge in [-0.3, -0.25) is 9.59 Å². The molecule has 0 aromatic heterocycles. The molecule has 0 spiro atoms. The number of nitrogens with two attached hydrogens (primary N) is 1. The molecule has 2 amide bonds. The third-order valence-corrected chi connectivity index (χ3v) is 4.51. The van der Waals surface area contributed by atoms with Gasteiger partial charge in [0.2, 0.25) is 0 Å². The molecule has 0 saturated heterocycles. The molecule has 0 fully saturated rings. The van der Waals surface area contributed by atoms with Crippen molar-refractivity contribution in [2.24, 2.45) is 0 Å². The molecule has 1 aliphatic rings. The molecule has 0 bridgehead atoms. The number of nitrogens with one attached hydrogen (secondary N) is 1. The van der Waals surface area contributed by atoms with Gasteiger partial charge in [0.1, 0.15) is 0 Å². The molecule has 0 radical (unpaired) electrons. The summed E-state index contributed by atoms with van der Waals surface area (Å²) in [5.74, 6) is -1.88. The summed E-state index contributed by atoms with van der Waals surface area (Å²) >= 11 is 0. The lowest BCUT2D eigenvalue weighted by Gasteiger charge is -2.17. The smallest absolute Gasteiger partial charge is 0.337 e. The quantitative estimate of drug-likeness (QED) is 0.476. The van der Waals surface area contributed by atoms with Crippen LogP contribution in [0.15, 0.2) is 66.7 Å². The van der Waals surface area contributed by atoms with Gasteiger partial charge in [-0.1, -0.05) is 24.3 Å². The minimum absolute atomic E-state index is 0.103. The van der Waals surface area contributed by atoms with E-state index in [1.807, 2.05) is 0 Å². The van der Waals surface area contributed by atoms with Crippen LogP contribution in [0.2, 0.25) is 0 Å². The first kappa shape index (κ1) is 17.3. The van der Waals surface area contributed by atoms with Gasteiger partial charge in [0, 0.05) is 0 Å². The van der Waals surface area contributed by atoms with Gasteiger partial charge in [0.15, 0.2) is 0 Å². The van der Waals surface area contributed by atoms with E-state index in [0.717, 1.165) is 4.90 Å². The number of aromatic carboxylic acids is 1. The SMILES string of the molecule is Nc1cc(N2C(=O)c3ccccc3C2=O)ccc1Nc1ccccc1C(=O)O. The number of para-hydroxylation sites is 1. The number of carboxylic acid groups (broad SMARTS) is 1. The lowest BCUT2D eigenvalue weighted by Crippen LogP contribution is -2.29. The van der Waals surface area contributed by atoms with Gasteiger partial charge < -0.3 is 16.2 Å². The average Bonchev–Trinajstić information content (AvgIpc) is 2.95. The Bertz CT molecular complexity index is 1100. The highest BCUT2D eigenvalue weighted by molar-refractivity contribution is 6.34. The van der Waals surface area contributed by atoms with Crippen LogP contribution in [0, 0.1) is 0 Å². The Kier molecular flexibility index (Phi) is 4.04. The van der Waals surface area contributed by atoms with Gasteiger partial charge in [0.05, 0.1) is 39.4 Å². The standard InChI is InChI=1S/C21H15N3O4/c22-16-11-12(24-19(25)13-5-1-2-6-14(13)20(24)26)9-10-18(16)23-17-8-4-3-7-15(17)21(27)28/h1-11,23H,22H2,(H,27,28). The molecule has 4 N–H and O–H groups in total. The number of carbonyl (C=O) groups is 3. The van der Waals surface area contributed by atoms with Crippen molar-refractivity contribution in [2.75, 3.05) is 16.0 Å². The van der Waals surface area contributed by atoms with Crippen LogP contribution in [0.4, 0.5) is 22.7 Å².